The van der Waals surface area contributed by atoms with E-state index >= 15 is 0 Å². The van der Waals surface area contributed by atoms with Gasteiger partial charge in [0.15, 0.2) is 0 Å². The Bertz CT molecular complexity index is 670. The van der Waals surface area contributed by atoms with Crippen molar-refractivity contribution < 1.29 is 14.1 Å². The molecule has 1 fully saturated rings. The first-order chi connectivity index (χ1) is 12.3. The predicted octanol–water partition coefficient (Wildman–Crippen LogP) is 0.901. The van der Waals surface area contributed by atoms with Crippen LogP contribution in [0.15, 0.2) is 29.0 Å². The zero-order chi connectivity index (χ0) is 17.5. The summed E-state index contributed by atoms with van der Waals surface area (Å²) < 4.78 is 10.6. The molecule has 1 amide bonds. The number of carbonyl (C=O) groups is 1. The number of ether oxygens (including phenoxy) is 1. The highest BCUT2D eigenvalue weighted by Gasteiger charge is 2.25. The number of hydrogen-bond donors (Lipinski definition) is 1. The van der Waals surface area contributed by atoms with E-state index in [1.807, 2.05) is 19.1 Å². The second-order valence-electron chi connectivity index (χ2n) is 5.87. The molecule has 1 saturated heterocycles. The number of pyridine rings is 1. The van der Waals surface area contributed by atoms with Gasteiger partial charge >= 0.3 is 0 Å². The third kappa shape index (κ3) is 4.61. The molecule has 1 aliphatic heterocycles. The summed E-state index contributed by atoms with van der Waals surface area (Å²) in [5.41, 5.74) is 0.805. The van der Waals surface area contributed by atoms with Crippen molar-refractivity contribution in [3.63, 3.8) is 0 Å². The molecular weight excluding hydrogens is 322 g/mol. The van der Waals surface area contributed by atoms with Gasteiger partial charge in [0, 0.05) is 44.0 Å². The molecule has 0 saturated carbocycles. The van der Waals surface area contributed by atoms with Gasteiger partial charge in [0.25, 0.3) is 0 Å². The number of rotatable bonds is 7. The second kappa shape index (κ2) is 8.68. The normalized spacial score (nSPS) is 16.5. The van der Waals surface area contributed by atoms with Crippen LogP contribution in [0.4, 0.5) is 0 Å². The zero-order valence-electron chi connectivity index (χ0n) is 14.4. The van der Waals surface area contributed by atoms with E-state index in [1.165, 1.54) is 0 Å². The van der Waals surface area contributed by atoms with Crippen LogP contribution in [0.25, 0.3) is 11.4 Å². The first kappa shape index (κ1) is 17.5. The van der Waals surface area contributed by atoms with Crippen molar-refractivity contribution in [2.24, 2.45) is 0 Å². The lowest BCUT2D eigenvalue weighted by Gasteiger charge is -2.32. The molecule has 8 heteroatoms. The predicted molar refractivity (Wildman–Crippen MR) is 90.7 cm³/mol. The Morgan fingerprint density at radius 3 is 2.96 bits per heavy atom. The van der Waals surface area contributed by atoms with Crippen molar-refractivity contribution in [3.05, 3.63) is 30.4 Å². The van der Waals surface area contributed by atoms with Crippen molar-refractivity contribution in [1.29, 1.82) is 0 Å². The van der Waals surface area contributed by atoms with Gasteiger partial charge in [0.2, 0.25) is 17.6 Å². The molecule has 2 aromatic rings. The summed E-state index contributed by atoms with van der Waals surface area (Å²) in [6.45, 7) is 5.45. The smallest absolute Gasteiger partial charge is 0.237 e. The Hall–Kier alpha value is -2.32. The Kier molecular flexibility index (Phi) is 6.08. The molecule has 3 heterocycles. The lowest BCUT2D eigenvalue weighted by Crippen LogP contribution is -2.51. The van der Waals surface area contributed by atoms with Gasteiger partial charge in [-0.15, -0.1) is 0 Å². The van der Waals surface area contributed by atoms with Gasteiger partial charge in [0.05, 0.1) is 19.3 Å². The fourth-order valence-electron chi connectivity index (χ4n) is 2.88. The molecule has 25 heavy (non-hydrogen) atoms. The van der Waals surface area contributed by atoms with E-state index < -0.39 is 0 Å². The molecule has 0 aromatic carbocycles. The van der Waals surface area contributed by atoms with Gasteiger partial charge in [-0.2, -0.15) is 4.98 Å². The van der Waals surface area contributed by atoms with E-state index in [-0.39, 0.29) is 11.9 Å². The molecule has 3 rings (SSSR count). The van der Waals surface area contributed by atoms with Gasteiger partial charge in [-0.1, -0.05) is 12.1 Å². The fourth-order valence-corrected chi connectivity index (χ4v) is 2.88. The van der Waals surface area contributed by atoms with Gasteiger partial charge in [-0.25, -0.2) is 0 Å². The number of aromatic nitrogens is 3. The summed E-state index contributed by atoms with van der Waals surface area (Å²) in [5.74, 6) is 1.05. The topological polar surface area (TPSA) is 93.4 Å². The van der Waals surface area contributed by atoms with Crippen LogP contribution < -0.4 is 5.32 Å². The van der Waals surface area contributed by atoms with Crippen LogP contribution in [0.5, 0.6) is 0 Å². The Balaban J connectivity index is 1.49. The third-order valence-electron chi connectivity index (χ3n) is 4.20. The van der Waals surface area contributed by atoms with Crippen molar-refractivity contribution in [1.82, 2.24) is 25.3 Å². The van der Waals surface area contributed by atoms with Crippen LogP contribution in [0.1, 0.15) is 19.2 Å². The van der Waals surface area contributed by atoms with Crippen LogP contribution in [-0.2, 0) is 16.0 Å². The summed E-state index contributed by atoms with van der Waals surface area (Å²) in [4.78, 5) is 23.0. The third-order valence-corrected chi connectivity index (χ3v) is 4.20. The molecular formula is C17H23N5O3. The molecule has 1 N–H and O–H groups in total. The highest BCUT2D eigenvalue weighted by atomic mass is 16.5. The summed E-state index contributed by atoms with van der Waals surface area (Å²) in [6.07, 6.45) is 4.65. The monoisotopic (exact) mass is 345 g/mol. The van der Waals surface area contributed by atoms with Crippen molar-refractivity contribution in [2.75, 3.05) is 32.8 Å². The molecule has 0 radical (unpaired) electrons. The Labute approximate surface area is 146 Å². The van der Waals surface area contributed by atoms with E-state index in [0.717, 1.165) is 25.1 Å². The van der Waals surface area contributed by atoms with Gasteiger partial charge in [-0.3, -0.25) is 14.7 Å². The SMILES string of the molecule is CCC(C(=O)NCCc1nc(-c2cccnc2)no1)N1CCOCC1. The molecule has 1 aliphatic rings. The van der Waals surface area contributed by atoms with E-state index in [2.05, 4.69) is 25.3 Å². The van der Waals surface area contributed by atoms with Crippen LogP contribution >= 0.6 is 0 Å². The first-order valence-corrected chi connectivity index (χ1v) is 8.60. The molecule has 1 unspecified atom stereocenters. The number of hydrogen-bond acceptors (Lipinski definition) is 7. The molecule has 1 atom stereocenters. The van der Waals surface area contributed by atoms with Gasteiger partial charge in [0.1, 0.15) is 0 Å². The minimum atomic E-state index is -0.113. The fraction of sp³-hybridized carbons (Fsp3) is 0.529. The molecule has 0 spiro atoms. The van der Waals surface area contributed by atoms with Crippen LogP contribution in [0, 0.1) is 0 Å². The first-order valence-electron chi connectivity index (χ1n) is 8.60. The quantitative estimate of drug-likeness (QED) is 0.797. The number of nitrogens with one attached hydrogen (secondary N) is 1. The maximum atomic E-state index is 12.4. The molecule has 134 valence electrons. The average Bonchev–Trinajstić information content (AvgIpc) is 3.13. The average molecular weight is 345 g/mol. The van der Waals surface area contributed by atoms with Crippen molar-refractivity contribution in [2.45, 2.75) is 25.8 Å². The van der Waals surface area contributed by atoms with E-state index in [9.17, 15) is 4.79 Å². The summed E-state index contributed by atoms with van der Waals surface area (Å²) in [5, 5.41) is 6.91. The highest BCUT2D eigenvalue weighted by Crippen LogP contribution is 2.13. The van der Waals surface area contributed by atoms with E-state index in [0.29, 0.717) is 37.9 Å². The number of nitrogens with zero attached hydrogens (tertiary/aromatic N) is 4. The van der Waals surface area contributed by atoms with Crippen LogP contribution in [0.2, 0.25) is 0 Å². The number of morpholine rings is 1. The van der Waals surface area contributed by atoms with Crippen molar-refractivity contribution >= 4 is 5.91 Å². The van der Waals surface area contributed by atoms with Crippen LogP contribution in [0.3, 0.4) is 0 Å². The van der Waals surface area contributed by atoms with Gasteiger partial charge < -0.3 is 14.6 Å². The lowest BCUT2D eigenvalue weighted by atomic mass is 10.1. The Morgan fingerprint density at radius 2 is 2.24 bits per heavy atom. The van der Waals surface area contributed by atoms with Crippen molar-refractivity contribution in [3.8, 4) is 11.4 Å². The maximum Gasteiger partial charge on any atom is 0.237 e. The van der Waals surface area contributed by atoms with E-state index in [1.54, 1.807) is 12.4 Å². The van der Waals surface area contributed by atoms with Crippen LogP contribution in [-0.4, -0.2) is 64.8 Å². The Morgan fingerprint density at radius 1 is 1.40 bits per heavy atom. The number of carbonyl (C=O) groups excluding carboxylic acids is 1. The molecule has 2 aromatic heterocycles. The largest absolute Gasteiger partial charge is 0.379 e. The summed E-state index contributed by atoms with van der Waals surface area (Å²) in [6, 6.07) is 3.58. The molecule has 0 aliphatic carbocycles. The second-order valence-corrected chi connectivity index (χ2v) is 5.87. The minimum absolute atomic E-state index is 0.0383. The van der Waals surface area contributed by atoms with Gasteiger partial charge in [-0.05, 0) is 18.6 Å². The summed E-state index contributed by atoms with van der Waals surface area (Å²) in [7, 11) is 0. The molecule has 8 nitrogen and oxygen atoms in total. The zero-order valence-corrected chi connectivity index (χ0v) is 14.4. The lowest BCUT2D eigenvalue weighted by molar-refractivity contribution is -0.128. The summed E-state index contributed by atoms with van der Waals surface area (Å²) >= 11 is 0. The maximum absolute atomic E-state index is 12.4. The van der Waals surface area contributed by atoms with E-state index in [4.69, 9.17) is 9.26 Å². The minimum Gasteiger partial charge on any atom is -0.379 e. The number of amides is 1. The standard InChI is InChI=1S/C17H23N5O3/c1-2-14(22-8-10-24-11-9-22)17(23)19-7-5-15-20-16(21-25-15)13-4-3-6-18-12-13/h3-4,6,12,14H,2,5,7-11H2,1H3,(H,19,23). The molecule has 0 bridgehead atoms. The highest BCUT2D eigenvalue weighted by molar-refractivity contribution is 5.81.